The standard InChI is InChI=1S/C40H36N4OS/c1-5-42-26-43(36-18-12-11-17-35(36)42)29-21-28(40(2,3)4)22-31(23-29)45-30-19-20-33-32-15-9-10-16-34(32)44(37(33)24-30)39-41-25-38(46-39)27-13-7-6-8-14-27/h6-25H,5,26H2,1-4H3. The molecule has 0 atom stereocenters. The summed E-state index contributed by atoms with van der Waals surface area (Å²) in [6, 6.07) is 40.8. The van der Waals surface area contributed by atoms with Gasteiger partial charge in [0.2, 0.25) is 0 Å². The maximum absolute atomic E-state index is 6.75. The fourth-order valence-electron chi connectivity index (χ4n) is 6.47. The van der Waals surface area contributed by atoms with Crippen molar-refractivity contribution >= 4 is 50.2 Å². The number of benzene rings is 5. The van der Waals surface area contributed by atoms with E-state index in [9.17, 15) is 0 Å². The van der Waals surface area contributed by atoms with Gasteiger partial charge in [-0.3, -0.25) is 4.57 Å². The van der Waals surface area contributed by atoms with Crippen LogP contribution >= 0.6 is 11.3 Å². The molecule has 0 fully saturated rings. The molecule has 1 aliphatic rings. The number of hydrogen-bond acceptors (Lipinski definition) is 5. The van der Waals surface area contributed by atoms with E-state index in [1.807, 2.05) is 12.3 Å². The molecular weight excluding hydrogens is 585 g/mol. The molecule has 0 N–H and O–H groups in total. The average molecular weight is 621 g/mol. The van der Waals surface area contributed by atoms with E-state index in [0.29, 0.717) is 0 Å². The lowest BCUT2D eigenvalue weighted by Gasteiger charge is -2.26. The molecule has 6 heteroatoms. The first-order chi connectivity index (χ1) is 22.4. The molecule has 5 aromatic carbocycles. The maximum atomic E-state index is 6.75. The van der Waals surface area contributed by atoms with Crippen molar-refractivity contribution in [1.29, 1.82) is 0 Å². The van der Waals surface area contributed by atoms with E-state index in [2.05, 4.69) is 151 Å². The van der Waals surface area contributed by atoms with Crippen LogP contribution in [0.3, 0.4) is 0 Å². The Morgan fingerprint density at radius 1 is 0.739 bits per heavy atom. The van der Waals surface area contributed by atoms with Crippen molar-refractivity contribution in [3.05, 3.63) is 127 Å². The van der Waals surface area contributed by atoms with Crippen molar-refractivity contribution in [3.8, 4) is 27.1 Å². The Bertz CT molecular complexity index is 2210. The van der Waals surface area contributed by atoms with Gasteiger partial charge in [-0.05, 0) is 65.9 Å². The van der Waals surface area contributed by atoms with Crippen LogP contribution in [0, 0.1) is 0 Å². The van der Waals surface area contributed by atoms with Crippen molar-refractivity contribution in [3.63, 3.8) is 0 Å². The summed E-state index contributed by atoms with van der Waals surface area (Å²) in [4.78, 5) is 10.9. The van der Waals surface area contributed by atoms with Crippen LogP contribution in [0.15, 0.2) is 121 Å². The second kappa shape index (κ2) is 11.1. The first kappa shape index (κ1) is 28.4. The normalized spacial score (nSPS) is 13.1. The summed E-state index contributed by atoms with van der Waals surface area (Å²) < 4.78 is 9.02. The van der Waals surface area contributed by atoms with Gasteiger partial charge in [-0.15, -0.1) is 0 Å². The fraction of sp³-hybridized carbons (Fsp3) is 0.175. The summed E-state index contributed by atoms with van der Waals surface area (Å²) in [7, 11) is 0. The Morgan fingerprint density at radius 3 is 2.28 bits per heavy atom. The topological polar surface area (TPSA) is 33.5 Å². The molecule has 2 aromatic heterocycles. The van der Waals surface area contributed by atoms with Gasteiger partial charge in [0.1, 0.15) is 11.5 Å². The van der Waals surface area contributed by atoms with Gasteiger partial charge in [0.05, 0.1) is 34.0 Å². The van der Waals surface area contributed by atoms with Gasteiger partial charge in [-0.1, -0.05) is 92.8 Å². The molecule has 8 rings (SSSR count). The van der Waals surface area contributed by atoms with Crippen molar-refractivity contribution < 1.29 is 4.74 Å². The molecule has 0 unspecified atom stereocenters. The highest BCUT2D eigenvalue weighted by molar-refractivity contribution is 7.17. The van der Waals surface area contributed by atoms with Gasteiger partial charge in [-0.25, -0.2) is 4.98 Å². The zero-order valence-corrected chi connectivity index (χ0v) is 27.4. The van der Waals surface area contributed by atoms with Gasteiger partial charge in [0.25, 0.3) is 0 Å². The van der Waals surface area contributed by atoms with Crippen LogP contribution in [0.4, 0.5) is 17.1 Å². The number of rotatable bonds is 6. The molecule has 0 aliphatic carbocycles. The Labute approximate surface area is 273 Å². The van der Waals surface area contributed by atoms with E-state index in [-0.39, 0.29) is 5.41 Å². The number of ether oxygens (including phenoxy) is 1. The number of aromatic nitrogens is 2. The lowest BCUT2D eigenvalue weighted by atomic mass is 9.86. The third-order valence-corrected chi connectivity index (χ3v) is 9.93. The summed E-state index contributed by atoms with van der Waals surface area (Å²) >= 11 is 1.70. The van der Waals surface area contributed by atoms with Crippen LogP contribution in [0.2, 0.25) is 0 Å². The van der Waals surface area contributed by atoms with Crippen LogP contribution in [0.1, 0.15) is 33.3 Å². The molecule has 46 heavy (non-hydrogen) atoms. The highest BCUT2D eigenvalue weighted by Gasteiger charge is 2.27. The predicted molar refractivity (Wildman–Crippen MR) is 194 cm³/mol. The third kappa shape index (κ3) is 4.90. The Balaban J connectivity index is 1.22. The minimum absolute atomic E-state index is 0.0461. The van der Waals surface area contributed by atoms with E-state index in [1.54, 1.807) is 11.3 Å². The monoisotopic (exact) mass is 620 g/mol. The maximum Gasteiger partial charge on any atom is 0.195 e. The average Bonchev–Trinajstić information content (AvgIpc) is 3.79. The second-order valence-electron chi connectivity index (χ2n) is 12.9. The fourth-order valence-corrected chi connectivity index (χ4v) is 7.41. The molecule has 0 spiro atoms. The van der Waals surface area contributed by atoms with Crippen molar-refractivity contribution in [2.75, 3.05) is 23.0 Å². The summed E-state index contributed by atoms with van der Waals surface area (Å²) in [5.74, 6) is 1.63. The van der Waals surface area contributed by atoms with Gasteiger partial charge in [0, 0.05) is 41.3 Å². The molecule has 0 amide bonds. The number of nitrogens with zero attached hydrogens (tertiary/aromatic N) is 4. The molecule has 0 bridgehead atoms. The molecule has 5 nitrogen and oxygen atoms in total. The van der Waals surface area contributed by atoms with Crippen LogP contribution in [0.5, 0.6) is 11.5 Å². The molecule has 0 saturated carbocycles. The van der Waals surface area contributed by atoms with Gasteiger partial charge >= 0.3 is 0 Å². The molecular formula is C40H36N4OS. The van der Waals surface area contributed by atoms with Gasteiger partial charge < -0.3 is 14.5 Å². The summed E-state index contributed by atoms with van der Waals surface area (Å²) in [5.41, 5.74) is 8.20. The predicted octanol–water partition coefficient (Wildman–Crippen LogP) is 10.9. The summed E-state index contributed by atoms with van der Waals surface area (Å²) in [5, 5.41) is 3.31. The highest BCUT2D eigenvalue weighted by atomic mass is 32.1. The smallest absolute Gasteiger partial charge is 0.195 e. The first-order valence-electron chi connectivity index (χ1n) is 15.9. The van der Waals surface area contributed by atoms with Crippen molar-refractivity contribution in [2.45, 2.75) is 33.1 Å². The number of fused-ring (bicyclic) bond motifs is 4. The quantitative estimate of drug-likeness (QED) is 0.185. The summed E-state index contributed by atoms with van der Waals surface area (Å²) in [6.45, 7) is 10.8. The third-order valence-electron chi connectivity index (χ3n) is 8.90. The van der Waals surface area contributed by atoms with Crippen LogP contribution in [-0.4, -0.2) is 22.8 Å². The number of para-hydroxylation sites is 3. The minimum Gasteiger partial charge on any atom is -0.457 e. The highest BCUT2D eigenvalue weighted by Crippen LogP contribution is 2.44. The van der Waals surface area contributed by atoms with Crippen LogP contribution in [-0.2, 0) is 5.41 Å². The van der Waals surface area contributed by atoms with E-state index in [4.69, 9.17) is 9.72 Å². The lowest BCUT2D eigenvalue weighted by Crippen LogP contribution is -2.27. The molecule has 228 valence electrons. The molecule has 3 heterocycles. The van der Waals surface area contributed by atoms with Crippen LogP contribution in [0.25, 0.3) is 37.4 Å². The van der Waals surface area contributed by atoms with E-state index in [1.165, 1.54) is 33.3 Å². The lowest BCUT2D eigenvalue weighted by molar-refractivity contribution is 0.479. The van der Waals surface area contributed by atoms with Crippen LogP contribution < -0.4 is 14.5 Å². The largest absolute Gasteiger partial charge is 0.457 e. The minimum atomic E-state index is -0.0461. The first-order valence-corrected chi connectivity index (χ1v) is 16.7. The summed E-state index contributed by atoms with van der Waals surface area (Å²) in [6.07, 6.45) is 1.98. The number of thiazole rings is 1. The van der Waals surface area contributed by atoms with E-state index >= 15 is 0 Å². The van der Waals surface area contributed by atoms with E-state index in [0.717, 1.165) is 51.4 Å². The molecule has 0 saturated heterocycles. The van der Waals surface area contributed by atoms with Gasteiger partial charge in [0.15, 0.2) is 5.13 Å². The Hall–Kier alpha value is -5.07. The molecule has 0 radical (unpaired) electrons. The Kier molecular flexibility index (Phi) is 6.84. The SMILES string of the molecule is CCN1CN(c2cc(Oc3ccc4c5ccccc5n(-c5ncc(-c6ccccc6)s5)c4c3)cc(C(C)(C)C)c2)c2ccccc21. The number of anilines is 3. The van der Waals surface area contributed by atoms with E-state index < -0.39 is 0 Å². The zero-order valence-electron chi connectivity index (χ0n) is 26.6. The van der Waals surface area contributed by atoms with Gasteiger partial charge in [-0.2, -0.15) is 0 Å². The second-order valence-corrected chi connectivity index (χ2v) is 13.9. The Morgan fingerprint density at radius 2 is 1.48 bits per heavy atom. The molecule has 7 aromatic rings. The molecule has 1 aliphatic heterocycles. The zero-order chi connectivity index (χ0) is 31.4. The number of hydrogen-bond donors (Lipinski definition) is 0. The van der Waals surface area contributed by atoms with Crippen molar-refractivity contribution in [1.82, 2.24) is 9.55 Å². The van der Waals surface area contributed by atoms with Crippen molar-refractivity contribution in [2.24, 2.45) is 0 Å².